The number of nitrogens with two attached hydrogens (primary N) is 1. The number of nitrogens with zero attached hydrogens (tertiary/aromatic N) is 2. The third-order valence-electron chi connectivity index (χ3n) is 6.17. The van der Waals surface area contributed by atoms with Crippen molar-refractivity contribution in [1.29, 1.82) is 0 Å². The molecule has 0 aromatic heterocycles. The normalized spacial score (nSPS) is 17.8. The van der Waals surface area contributed by atoms with Crippen LogP contribution in [0.25, 0.3) is 0 Å². The first kappa shape index (κ1) is 25.5. The summed E-state index contributed by atoms with van der Waals surface area (Å²) in [5.74, 6) is -0.679. The molecule has 4 N–H and O–H groups in total. The molecule has 1 heterocycles. The van der Waals surface area contributed by atoms with E-state index in [4.69, 9.17) is 10.5 Å². The molecule has 1 saturated carbocycles. The van der Waals surface area contributed by atoms with Crippen LogP contribution in [0, 0.1) is 5.92 Å². The highest BCUT2D eigenvalue weighted by atomic mass is 79.9. The Labute approximate surface area is 207 Å². The minimum Gasteiger partial charge on any atom is -0.465 e. The molecule has 10 heteroatoms. The Morgan fingerprint density at radius 1 is 1.32 bits per heavy atom. The Kier molecular flexibility index (Phi) is 8.49. The monoisotopic (exact) mass is 531 g/mol. The van der Waals surface area contributed by atoms with Gasteiger partial charge in [-0.15, -0.1) is 0 Å². The summed E-state index contributed by atoms with van der Waals surface area (Å²) in [6.45, 7) is 5.52. The fourth-order valence-corrected chi connectivity index (χ4v) is 4.32. The van der Waals surface area contributed by atoms with Crippen LogP contribution >= 0.6 is 15.9 Å². The number of carbonyl (C=O) groups excluding carboxylic acids is 3. The second-order valence-electron chi connectivity index (χ2n) is 8.41. The van der Waals surface area contributed by atoms with Crippen molar-refractivity contribution >= 4 is 45.6 Å². The number of anilines is 1. The summed E-state index contributed by atoms with van der Waals surface area (Å²) in [5, 5.41) is 5.80. The molecule has 0 unspecified atom stereocenters. The molecule has 1 aliphatic heterocycles. The third-order valence-corrected chi connectivity index (χ3v) is 6.66. The quantitative estimate of drug-likeness (QED) is 0.255. The van der Waals surface area contributed by atoms with E-state index in [1.807, 2.05) is 12.1 Å². The van der Waals surface area contributed by atoms with Gasteiger partial charge in [0.25, 0.3) is 5.91 Å². The molecule has 1 saturated heterocycles. The maximum absolute atomic E-state index is 12.8. The van der Waals surface area contributed by atoms with E-state index in [-0.39, 0.29) is 17.4 Å². The number of esters is 1. The minimum atomic E-state index is -0.889. The Bertz CT molecular complexity index is 1010. The van der Waals surface area contributed by atoms with Crippen molar-refractivity contribution in [3.8, 4) is 0 Å². The van der Waals surface area contributed by atoms with Gasteiger partial charge in [0, 0.05) is 42.7 Å². The number of halogens is 1. The average molecular weight is 532 g/mol. The van der Waals surface area contributed by atoms with Gasteiger partial charge >= 0.3 is 5.97 Å². The highest BCUT2D eigenvalue weighted by molar-refractivity contribution is 9.10. The summed E-state index contributed by atoms with van der Waals surface area (Å²) in [5.41, 5.74) is 6.16. The van der Waals surface area contributed by atoms with Gasteiger partial charge in [-0.2, -0.15) is 0 Å². The molecule has 2 fully saturated rings. The van der Waals surface area contributed by atoms with E-state index in [9.17, 15) is 14.4 Å². The van der Waals surface area contributed by atoms with E-state index in [1.165, 1.54) is 19.5 Å². The SMILES string of the molecule is C=CN=C/C(=C\N)C(=O)NC1(C(=O)NCC2CCN(c3cc(Br)ccc3C(=O)OC)CC2)CC1. The second kappa shape index (κ2) is 11.3. The third kappa shape index (κ3) is 6.05. The summed E-state index contributed by atoms with van der Waals surface area (Å²) < 4.78 is 5.81. The molecule has 1 aromatic carbocycles. The van der Waals surface area contributed by atoms with Crippen LogP contribution in [-0.4, -0.2) is 56.3 Å². The van der Waals surface area contributed by atoms with Crippen LogP contribution in [0.1, 0.15) is 36.0 Å². The van der Waals surface area contributed by atoms with Crippen molar-refractivity contribution in [2.45, 2.75) is 31.2 Å². The highest BCUT2D eigenvalue weighted by Crippen LogP contribution is 2.36. The van der Waals surface area contributed by atoms with E-state index in [2.05, 4.69) is 43.0 Å². The molecular weight excluding hydrogens is 502 g/mol. The van der Waals surface area contributed by atoms with E-state index < -0.39 is 11.4 Å². The van der Waals surface area contributed by atoms with Crippen molar-refractivity contribution in [1.82, 2.24) is 10.6 Å². The largest absolute Gasteiger partial charge is 0.465 e. The summed E-state index contributed by atoms with van der Waals surface area (Å²) in [4.78, 5) is 43.4. The smallest absolute Gasteiger partial charge is 0.339 e. The lowest BCUT2D eigenvalue weighted by molar-refractivity contribution is -0.128. The van der Waals surface area contributed by atoms with Gasteiger partial charge in [0.15, 0.2) is 0 Å². The predicted molar refractivity (Wildman–Crippen MR) is 134 cm³/mol. The van der Waals surface area contributed by atoms with Crippen molar-refractivity contribution in [2.75, 3.05) is 31.6 Å². The summed E-state index contributed by atoms with van der Waals surface area (Å²) in [6.07, 6.45) is 6.66. The molecule has 1 aliphatic carbocycles. The number of rotatable bonds is 9. The van der Waals surface area contributed by atoms with Gasteiger partial charge in [0.2, 0.25) is 5.91 Å². The molecule has 1 aromatic rings. The first-order chi connectivity index (χ1) is 16.3. The number of amides is 2. The lowest BCUT2D eigenvalue weighted by Gasteiger charge is -2.34. The fraction of sp³-hybridized carbons (Fsp3) is 0.417. The van der Waals surface area contributed by atoms with Crippen LogP contribution in [0.3, 0.4) is 0 Å². The van der Waals surface area contributed by atoms with Crippen LogP contribution in [0.4, 0.5) is 5.69 Å². The topological polar surface area (TPSA) is 126 Å². The molecule has 0 atom stereocenters. The van der Waals surface area contributed by atoms with Gasteiger partial charge in [0.05, 0.1) is 23.9 Å². The van der Waals surface area contributed by atoms with E-state index >= 15 is 0 Å². The Morgan fingerprint density at radius 2 is 2.03 bits per heavy atom. The Morgan fingerprint density at radius 3 is 2.62 bits per heavy atom. The number of methoxy groups -OCH3 is 1. The summed E-state index contributed by atoms with van der Waals surface area (Å²) in [7, 11) is 1.38. The molecule has 2 amide bonds. The molecule has 0 spiro atoms. The standard InChI is InChI=1S/C24H30BrN5O4/c1-3-27-15-17(13-26)21(31)29-24(8-9-24)23(33)28-14-16-6-10-30(11-7-16)20-12-18(25)4-5-19(20)22(32)34-2/h3-5,12-13,15-16H,1,6-11,14,26H2,2H3,(H,28,33)(H,29,31)/b17-13+,27-15?. The molecule has 34 heavy (non-hydrogen) atoms. The van der Waals surface area contributed by atoms with E-state index in [0.29, 0.717) is 30.9 Å². The van der Waals surface area contributed by atoms with Gasteiger partial charge in [-0.3, -0.25) is 14.6 Å². The fourth-order valence-electron chi connectivity index (χ4n) is 3.97. The first-order valence-electron chi connectivity index (χ1n) is 11.1. The van der Waals surface area contributed by atoms with Crippen molar-refractivity contribution in [3.63, 3.8) is 0 Å². The summed E-state index contributed by atoms with van der Waals surface area (Å²) in [6, 6.07) is 5.51. The zero-order valence-electron chi connectivity index (χ0n) is 19.2. The van der Waals surface area contributed by atoms with Crippen molar-refractivity contribution in [3.05, 3.63) is 52.8 Å². The molecule has 3 rings (SSSR count). The second-order valence-corrected chi connectivity index (χ2v) is 9.33. The maximum atomic E-state index is 12.8. The number of hydrogen-bond donors (Lipinski definition) is 3. The van der Waals surface area contributed by atoms with E-state index in [1.54, 1.807) is 6.07 Å². The first-order valence-corrected chi connectivity index (χ1v) is 11.9. The number of aliphatic imine (C=N–C) groups is 1. The Hall–Kier alpha value is -3.14. The van der Waals surface area contributed by atoms with Crippen molar-refractivity contribution < 1.29 is 19.1 Å². The van der Waals surface area contributed by atoms with Gasteiger partial charge < -0.3 is 26.0 Å². The van der Waals surface area contributed by atoms with Crippen LogP contribution in [0.15, 0.2) is 52.2 Å². The number of carbonyl (C=O) groups is 3. The van der Waals surface area contributed by atoms with Crippen LogP contribution in [0.2, 0.25) is 0 Å². The van der Waals surface area contributed by atoms with Crippen LogP contribution < -0.4 is 21.3 Å². The molecule has 182 valence electrons. The summed E-state index contributed by atoms with van der Waals surface area (Å²) >= 11 is 3.48. The lowest BCUT2D eigenvalue weighted by atomic mass is 9.95. The number of piperidine rings is 1. The molecule has 2 aliphatic rings. The van der Waals surface area contributed by atoms with Crippen molar-refractivity contribution in [2.24, 2.45) is 16.6 Å². The molecule has 0 radical (unpaired) electrons. The molecule has 0 bridgehead atoms. The van der Waals surface area contributed by atoms with Crippen LogP contribution in [-0.2, 0) is 14.3 Å². The number of ether oxygens (including phenoxy) is 1. The van der Waals surface area contributed by atoms with Gasteiger partial charge in [-0.25, -0.2) is 4.79 Å². The highest BCUT2D eigenvalue weighted by Gasteiger charge is 2.51. The number of hydrogen-bond acceptors (Lipinski definition) is 7. The Balaban J connectivity index is 1.52. The van der Waals surface area contributed by atoms with Gasteiger partial charge in [-0.05, 0) is 49.8 Å². The molecule has 9 nitrogen and oxygen atoms in total. The van der Waals surface area contributed by atoms with Crippen LogP contribution in [0.5, 0.6) is 0 Å². The van der Waals surface area contributed by atoms with E-state index in [0.717, 1.165) is 42.3 Å². The minimum absolute atomic E-state index is 0.171. The zero-order valence-corrected chi connectivity index (χ0v) is 20.8. The predicted octanol–water partition coefficient (Wildman–Crippen LogP) is 2.27. The van der Waals surface area contributed by atoms with Gasteiger partial charge in [0.1, 0.15) is 5.54 Å². The number of nitrogens with one attached hydrogen (secondary N) is 2. The maximum Gasteiger partial charge on any atom is 0.339 e. The molecular formula is C24H30BrN5O4. The van der Waals surface area contributed by atoms with Gasteiger partial charge in [-0.1, -0.05) is 22.5 Å². The lowest BCUT2D eigenvalue weighted by Crippen LogP contribution is -2.51. The average Bonchev–Trinajstić information content (AvgIpc) is 3.63. The number of benzene rings is 1. The zero-order chi connectivity index (χ0) is 24.7.